The third-order valence-electron chi connectivity index (χ3n) is 3.25. The van der Waals surface area contributed by atoms with Crippen molar-refractivity contribution in [2.24, 2.45) is 0 Å². The van der Waals surface area contributed by atoms with Gasteiger partial charge in [0.1, 0.15) is 6.33 Å². The van der Waals surface area contributed by atoms with Crippen molar-refractivity contribution in [2.75, 3.05) is 0 Å². The molecule has 6 nitrogen and oxygen atoms in total. The molecule has 8 heteroatoms. The normalized spacial score (nSPS) is 11.1. The van der Waals surface area contributed by atoms with Gasteiger partial charge in [-0.1, -0.05) is 6.07 Å². The number of hydrogen-bond acceptors (Lipinski definition) is 5. The van der Waals surface area contributed by atoms with E-state index in [0.717, 1.165) is 0 Å². The lowest BCUT2D eigenvalue weighted by atomic mass is 10.2. The van der Waals surface area contributed by atoms with Gasteiger partial charge in [0.25, 0.3) is 0 Å². The second-order valence-corrected chi connectivity index (χ2v) is 7.00. The Balaban J connectivity index is 2.03. The van der Waals surface area contributed by atoms with E-state index in [1.165, 1.54) is 30.6 Å². The minimum Gasteiger partial charge on any atom is -0.275 e. The Morgan fingerprint density at radius 3 is 2.48 bits per heavy atom. The molecule has 0 aliphatic carbocycles. The smallest absolute Gasteiger partial charge is 0.206 e. The van der Waals surface area contributed by atoms with Gasteiger partial charge < -0.3 is 0 Å². The van der Waals surface area contributed by atoms with Gasteiger partial charge in [0.05, 0.1) is 21.4 Å². The average molecular weight is 342 g/mol. The van der Waals surface area contributed by atoms with Gasteiger partial charge in [-0.15, -0.1) is 0 Å². The Bertz CT molecular complexity index is 1060. The number of benzene rings is 2. The first-order valence-corrected chi connectivity index (χ1v) is 8.39. The predicted octanol–water partition coefficient (Wildman–Crippen LogP) is 2.63. The van der Waals surface area contributed by atoms with E-state index in [-0.39, 0.29) is 9.79 Å². The zero-order valence-electron chi connectivity index (χ0n) is 11.7. The summed E-state index contributed by atoms with van der Waals surface area (Å²) in [6, 6.07) is 14.2. The van der Waals surface area contributed by atoms with Crippen LogP contribution in [0.4, 0.5) is 0 Å². The zero-order chi connectivity index (χ0) is 16.4. The second-order valence-electron chi connectivity index (χ2n) is 4.67. The summed E-state index contributed by atoms with van der Waals surface area (Å²) >= 11 is 5.07. The van der Waals surface area contributed by atoms with E-state index in [9.17, 15) is 8.42 Å². The number of sulfone groups is 1. The highest BCUT2D eigenvalue weighted by atomic mass is 32.2. The molecule has 0 saturated heterocycles. The maximum absolute atomic E-state index is 12.6. The number of H-pyrrole nitrogens is 1. The topological polar surface area (TPSA) is 91.5 Å². The molecule has 3 rings (SSSR count). The van der Waals surface area contributed by atoms with Crippen LogP contribution in [0.2, 0.25) is 0 Å². The summed E-state index contributed by atoms with van der Waals surface area (Å²) < 4.78 is 27.3. The van der Waals surface area contributed by atoms with Crippen molar-refractivity contribution in [1.82, 2.24) is 14.8 Å². The monoisotopic (exact) mass is 342 g/mol. The molecular formula is C15H10N4O2S2. The van der Waals surface area contributed by atoms with Crippen molar-refractivity contribution in [1.29, 1.82) is 5.26 Å². The summed E-state index contributed by atoms with van der Waals surface area (Å²) in [6.45, 7) is 0. The summed E-state index contributed by atoms with van der Waals surface area (Å²) in [5.41, 5.74) is 1.00. The fourth-order valence-electron chi connectivity index (χ4n) is 2.09. The van der Waals surface area contributed by atoms with Gasteiger partial charge in [0.2, 0.25) is 9.84 Å². The standard InChI is InChI=1S/C15H10N4O2S2/c16-9-11-2-1-3-14(8-11)23(20,21)13-6-4-12(5-7-13)19-10-17-18-15(19)22/h1-8,10H,(H,18,22). The highest BCUT2D eigenvalue weighted by molar-refractivity contribution is 7.91. The lowest BCUT2D eigenvalue weighted by Gasteiger charge is -2.07. The first-order chi connectivity index (χ1) is 11.0. The fourth-order valence-corrected chi connectivity index (χ4v) is 3.60. The molecule has 0 unspecified atom stereocenters. The van der Waals surface area contributed by atoms with Crippen molar-refractivity contribution in [3.05, 3.63) is 65.2 Å². The summed E-state index contributed by atoms with van der Waals surface area (Å²) in [6.07, 6.45) is 1.52. The van der Waals surface area contributed by atoms with Crippen molar-refractivity contribution in [3.8, 4) is 11.8 Å². The van der Waals surface area contributed by atoms with Crippen LogP contribution in [0.3, 0.4) is 0 Å². The molecule has 0 amide bonds. The lowest BCUT2D eigenvalue weighted by Crippen LogP contribution is -2.03. The Labute approximate surface area is 137 Å². The minimum atomic E-state index is -3.68. The second kappa shape index (κ2) is 5.79. The van der Waals surface area contributed by atoms with Crippen LogP contribution in [0.5, 0.6) is 0 Å². The molecule has 23 heavy (non-hydrogen) atoms. The predicted molar refractivity (Wildman–Crippen MR) is 85.4 cm³/mol. The Morgan fingerprint density at radius 1 is 1.13 bits per heavy atom. The third-order valence-corrected chi connectivity index (χ3v) is 5.31. The Kier molecular flexibility index (Phi) is 3.82. The van der Waals surface area contributed by atoms with Crippen molar-refractivity contribution in [2.45, 2.75) is 9.79 Å². The fraction of sp³-hybridized carbons (Fsp3) is 0. The van der Waals surface area contributed by atoms with Crippen LogP contribution in [0.25, 0.3) is 5.69 Å². The average Bonchev–Trinajstić information content (AvgIpc) is 3.01. The largest absolute Gasteiger partial charge is 0.275 e. The van der Waals surface area contributed by atoms with Gasteiger partial charge in [-0.3, -0.25) is 9.67 Å². The van der Waals surface area contributed by atoms with E-state index in [2.05, 4.69) is 10.2 Å². The highest BCUT2D eigenvalue weighted by Crippen LogP contribution is 2.22. The molecule has 0 spiro atoms. The molecule has 0 bridgehead atoms. The molecule has 3 aromatic rings. The van der Waals surface area contributed by atoms with E-state index in [1.807, 2.05) is 6.07 Å². The van der Waals surface area contributed by atoms with E-state index in [0.29, 0.717) is 16.0 Å². The molecule has 1 aromatic heterocycles. The summed E-state index contributed by atoms with van der Waals surface area (Å²) in [4.78, 5) is 0.232. The van der Waals surface area contributed by atoms with E-state index >= 15 is 0 Å². The Hall–Kier alpha value is -2.76. The van der Waals surface area contributed by atoms with Gasteiger partial charge in [-0.05, 0) is 54.7 Å². The van der Waals surface area contributed by atoms with Crippen LogP contribution in [0, 0.1) is 16.1 Å². The number of nitrogens with zero attached hydrogens (tertiary/aromatic N) is 3. The van der Waals surface area contributed by atoms with Crippen molar-refractivity contribution < 1.29 is 8.42 Å². The van der Waals surface area contributed by atoms with Crippen LogP contribution in [0.1, 0.15) is 5.56 Å². The minimum absolute atomic E-state index is 0.0872. The van der Waals surface area contributed by atoms with Gasteiger partial charge in [-0.2, -0.15) is 10.4 Å². The summed E-state index contributed by atoms with van der Waals surface area (Å²) in [7, 11) is -3.68. The molecule has 2 aromatic carbocycles. The molecule has 0 atom stereocenters. The van der Waals surface area contributed by atoms with Crippen molar-refractivity contribution in [3.63, 3.8) is 0 Å². The number of nitrogens with one attached hydrogen (secondary N) is 1. The number of aromatic amines is 1. The molecule has 114 valence electrons. The number of aromatic nitrogens is 3. The number of nitriles is 1. The van der Waals surface area contributed by atoms with E-state index in [4.69, 9.17) is 17.5 Å². The maximum Gasteiger partial charge on any atom is 0.206 e. The third kappa shape index (κ3) is 2.79. The van der Waals surface area contributed by atoms with Gasteiger partial charge in [0.15, 0.2) is 4.77 Å². The van der Waals surface area contributed by atoms with Crippen LogP contribution in [-0.2, 0) is 9.84 Å². The molecule has 0 radical (unpaired) electrons. The van der Waals surface area contributed by atoms with Crippen LogP contribution in [-0.4, -0.2) is 23.2 Å². The number of hydrogen-bond donors (Lipinski definition) is 1. The molecule has 0 aliphatic rings. The maximum atomic E-state index is 12.6. The molecule has 0 saturated carbocycles. The van der Waals surface area contributed by atoms with Crippen LogP contribution >= 0.6 is 12.2 Å². The quantitative estimate of drug-likeness (QED) is 0.739. The molecular weight excluding hydrogens is 332 g/mol. The first-order valence-electron chi connectivity index (χ1n) is 6.50. The molecule has 1 N–H and O–H groups in total. The summed E-state index contributed by atoms with van der Waals surface area (Å²) in [5, 5.41) is 15.4. The SMILES string of the molecule is N#Cc1cccc(S(=O)(=O)c2ccc(-n3cn[nH]c3=S)cc2)c1. The highest BCUT2D eigenvalue weighted by Gasteiger charge is 2.18. The number of rotatable bonds is 3. The van der Waals surface area contributed by atoms with E-state index in [1.54, 1.807) is 28.8 Å². The molecule has 0 aliphatic heterocycles. The van der Waals surface area contributed by atoms with Crippen LogP contribution < -0.4 is 0 Å². The molecule has 1 heterocycles. The molecule has 0 fully saturated rings. The van der Waals surface area contributed by atoms with E-state index < -0.39 is 9.84 Å². The zero-order valence-corrected chi connectivity index (χ0v) is 13.3. The van der Waals surface area contributed by atoms with Gasteiger partial charge in [0, 0.05) is 5.69 Å². The van der Waals surface area contributed by atoms with Gasteiger partial charge >= 0.3 is 0 Å². The summed E-state index contributed by atoms with van der Waals surface area (Å²) in [5.74, 6) is 0. The Morgan fingerprint density at radius 2 is 1.87 bits per heavy atom. The van der Waals surface area contributed by atoms with Crippen molar-refractivity contribution >= 4 is 22.1 Å². The lowest BCUT2D eigenvalue weighted by molar-refractivity contribution is 0.596. The van der Waals surface area contributed by atoms with Gasteiger partial charge in [-0.25, -0.2) is 8.42 Å². The first kappa shape index (κ1) is 15.1. The van der Waals surface area contributed by atoms with Crippen LogP contribution in [0.15, 0.2) is 64.6 Å².